The number of aromatic nitrogens is 5. The molecule has 5 heterocycles. The van der Waals surface area contributed by atoms with E-state index in [2.05, 4.69) is 79.9 Å². The number of guanidine groups is 1. The third-order valence-electron chi connectivity index (χ3n) is 7.44. The molecule has 4 aromatic rings. The fourth-order valence-electron chi connectivity index (χ4n) is 5.79. The van der Waals surface area contributed by atoms with E-state index in [0.717, 1.165) is 57.8 Å². The maximum Gasteiger partial charge on any atom is 0.224 e. The molecule has 0 amide bonds. The van der Waals surface area contributed by atoms with Crippen molar-refractivity contribution in [3.63, 3.8) is 0 Å². The summed E-state index contributed by atoms with van der Waals surface area (Å²) in [5, 5.41) is 17.2. The SMILES string of the molecule is Cc1nc2c([nH]1)CC(=c1cc3c(n4cnnc14)=NC(Nc1ccc(N4C[C@@H](C)N[C@@H](C)C4)cc1)=NC3)C(Cl)=C2. The predicted octanol–water partition coefficient (Wildman–Crippen LogP) is 2.54. The number of piperazine rings is 1. The fraction of sp³-hybridized carbons (Fsp3) is 0.321. The molecule has 198 valence electrons. The summed E-state index contributed by atoms with van der Waals surface area (Å²) in [6.07, 6.45) is 4.24. The third-order valence-corrected chi connectivity index (χ3v) is 7.78. The molecule has 7 rings (SSSR count). The van der Waals surface area contributed by atoms with Crippen LogP contribution in [0.15, 0.2) is 51.7 Å². The number of anilines is 2. The van der Waals surface area contributed by atoms with Gasteiger partial charge in [-0.05, 0) is 62.8 Å². The van der Waals surface area contributed by atoms with Crippen molar-refractivity contribution in [3.05, 3.63) is 75.2 Å². The number of nitrogens with one attached hydrogen (secondary N) is 3. The highest BCUT2D eigenvalue weighted by molar-refractivity contribution is 6.38. The molecule has 0 saturated carbocycles. The standard InChI is InChI=1S/C28H29ClN10/c1-15-12-38(13-16(2)32-15)20-6-4-19(5-7-20)35-28-30-11-18-8-22(27-37-31-14-39(27)26(18)36-28)21-9-24-25(10-23(21)29)34-17(3)33-24/h4-8,10,14-16,32H,9,11-13H2,1-3H3,(H,30,35)(H,33,34)/t15-,16+. The van der Waals surface area contributed by atoms with E-state index in [1.807, 2.05) is 17.4 Å². The van der Waals surface area contributed by atoms with Crippen LogP contribution < -0.4 is 26.2 Å². The summed E-state index contributed by atoms with van der Waals surface area (Å²) in [5.74, 6) is 1.43. The van der Waals surface area contributed by atoms with Crippen molar-refractivity contribution in [2.75, 3.05) is 23.3 Å². The zero-order valence-electron chi connectivity index (χ0n) is 22.0. The average Bonchev–Trinajstić information content (AvgIpc) is 3.54. The first kappa shape index (κ1) is 24.1. The Kier molecular flexibility index (Phi) is 5.75. The van der Waals surface area contributed by atoms with Crippen molar-refractivity contribution in [1.29, 1.82) is 0 Å². The number of benzene rings is 1. The first-order valence-corrected chi connectivity index (χ1v) is 13.6. The van der Waals surface area contributed by atoms with Crippen LogP contribution in [0.5, 0.6) is 0 Å². The van der Waals surface area contributed by atoms with Gasteiger partial charge < -0.3 is 20.5 Å². The summed E-state index contributed by atoms with van der Waals surface area (Å²) < 4.78 is 1.92. The van der Waals surface area contributed by atoms with Gasteiger partial charge in [0.15, 0.2) is 5.65 Å². The van der Waals surface area contributed by atoms with Crippen LogP contribution in [0.25, 0.3) is 17.3 Å². The number of allylic oxidation sites excluding steroid dienone is 1. The van der Waals surface area contributed by atoms with E-state index in [4.69, 9.17) is 21.6 Å². The second-order valence-electron chi connectivity index (χ2n) is 10.6. The Labute approximate surface area is 230 Å². The number of pyridine rings is 1. The number of H-pyrrole nitrogens is 1. The molecule has 1 saturated heterocycles. The van der Waals surface area contributed by atoms with Gasteiger partial charge in [-0.15, -0.1) is 10.2 Å². The van der Waals surface area contributed by atoms with Crippen molar-refractivity contribution in [2.24, 2.45) is 9.98 Å². The van der Waals surface area contributed by atoms with Crippen molar-refractivity contribution in [1.82, 2.24) is 29.9 Å². The zero-order chi connectivity index (χ0) is 26.7. The lowest BCUT2D eigenvalue weighted by molar-refractivity contribution is 0.407. The number of halogens is 1. The molecule has 39 heavy (non-hydrogen) atoms. The number of nitrogens with zero attached hydrogens (tertiary/aromatic N) is 7. The predicted molar refractivity (Wildman–Crippen MR) is 154 cm³/mol. The van der Waals surface area contributed by atoms with Crippen LogP contribution in [0.2, 0.25) is 0 Å². The van der Waals surface area contributed by atoms with Crippen LogP contribution in [0.1, 0.15) is 36.6 Å². The second-order valence-corrected chi connectivity index (χ2v) is 11.0. The Morgan fingerprint density at radius 1 is 1.10 bits per heavy atom. The van der Waals surface area contributed by atoms with E-state index in [0.29, 0.717) is 41.7 Å². The van der Waals surface area contributed by atoms with E-state index in [9.17, 15) is 0 Å². The Balaban J connectivity index is 1.20. The highest BCUT2D eigenvalue weighted by Crippen LogP contribution is 2.29. The molecular weight excluding hydrogens is 512 g/mol. The minimum atomic E-state index is 0.466. The number of hydrogen-bond acceptors (Lipinski definition) is 8. The lowest BCUT2D eigenvalue weighted by Gasteiger charge is -2.37. The van der Waals surface area contributed by atoms with Crippen LogP contribution in [-0.2, 0) is 13.0 Å². The highest BCUT2D eigenvalue weighted by atomic mass is 35.5. The number of aliphatic imine (C=N–C) groups is 1. The molecule has 3 aliphatic rings. The molecule has 1 aromatic carbocycles. The van der Waals surface area contributed by atoms with E-state index < -0.39 is 0 Å². The highest BCUT2D eigenvalue weighted by Gasteiger charge is 2.22. The van der Waals surface area contributed by atoms with Gasteiger partial charge in [-0.1, -0.05) is 11.6 Å². The summed E-state index contributed by atoms with van der Waals surface area (Å²) in [6.45, 7) is 8.88. The van der Waals surface area contributed by atoms with Gasteiger partial charge in [0.1, 0.15) is 17.6 Å². The smallest absolute Gasteiger partial charge is 0.224 e. The molecule has 0 radical (unpaired) electrons. The van der Waals surface area contributed by atoms with Crippen LogP contribution in [0, 0.1) is 6.92 Å². The Morgan fingerprint density at radius 2 is 1.90 bits per heavy atom. The maximum atomic E-state index is 6.74. The summed E-state index contributed by atoms with van der Waals surface area (Å²) in [6, 6.07) is 11.5. The van der Waals surface area contributed by atoms with Crippen molar-refractivity contribution < 1.29 is 0 Å². The van der Waals surface area contributed by atoms with Crippen molar-refractivity contribution in [2.45, 2.75) is 45.8 Å². The van der Waals surface area contributed by atoms with Gasteiger partial charge in [0.25, 0.3) is 0 Å². The molecule has 0 bridgehead atoms. The molecular formula is C28H29ClN10. The molecule has 3 N–H and O–H groups in total. The monoisotopic (exact) mass is 540 g/mol. The maximum absolute atomic E-state index is 6.74. The molecule has 3 aromatic heterocycles. The topological polar surface area (TPSA) is 111 Å². The van der Waals surface area contributed by atoms with Gasteiger partial charge in [-0.3, -0.25) is 4.40 Å². The number of imidazole rings is 1. The number of hydrogen-bond donors (Lipinski definition) is 3. The van der Waals surface area contributed by atoms with Crippen LogP contribution in [-0.4, -0.2) is 55.7 Å². The molecule has 0 unspecified atom stereocenters. The lowest BCUT2D eigenvalue weighted by Crippen LogP contribution is -2.54. The van der Waals surface area contributed by atoms with Gasteiger partial charge >= 0.3 is 0 Å². The van der Waals surface area contributed by atoms with Crippen molar-refractivity contribution in [3.8, 4) is 0 Å². The first-order chi connectivity index (χ1) is 18.9. The molecule has 2 atom stereocenters. The van der Waals surface area contributed by atoms with E-state index in [-0.39, 0.29) is 0 Å². The second kappa shape index (κ2) is 9.32. The lowest BCUT2D eigenvalue weighted by atomic mass is 9.99. The normalized spacial score (nSPS) is 22.1. The van der Waals surface area contributed by atoms with Crippen molar-refractivity contribution >= 4 is 46.2 Å². The summed E-state index contributed by atoms with van der Waals surface area (Å²) >= 11 is 6.74. The number of rotatable bonds is 2. The van der Waals surface area contributed by atoms with Gasteiger partial charge in [0.05, 0.1) is 12.2 Å². The minimum absolute atomic E-state index is 0.466. The molecule has 2 aliphatic heterocycles. The number of fused-ring (bicyclic) bond motifs is 4. The molecule has 10 nitrogen and oxygen atoms in total. The minimum Gasteiger partial charge on any atom is -0.368 e. The average molecular weight is 541 g/mol. The summed E-state index contributed by atoms with van der Waals surface area (Å²) in [5.41, 5.74) is 7.55. The fourth-order valence-corrected chi connectivity index (χ4v) is 6.06. The Hall–Kier alpha value is -4.02. The third kappa shape index (κ3) is 4.39. The zero-order valence-corrected chi connectivity index (χ0v) is 22.8. The van der Waals surface area contributed by atoms with Gasteiger partial charge in [0, 0.05) is 64.5 Å². The molecule has 1 aliphatic carbocycles. The molecule has 0 spiro atoms. The summed E-state index contributed by atoms with van der Waals surface area (Å²) in [4.78, 5) is 19.9. The Bertz CT molecular complexity index is 1770. The summed E-state index contributed by atoms with van der Waals surface area (Å²) in [7, 11) is 0. The largest absolute Gasteiger partial charge is 0.368 e. The molecule has 11 heteroatoms. The van der Waals surface area contributed by atoms with Gasteiger partial charge in [-0.2, -0.15) is 4.99 Å². The van der Waals surface area contributed by atoms with E-state index in [1.165, 1.54) is 5.69 Å². The van der Waals surface area contributed by atoms with Gasteiger partial charge in [-0.25, -0.2) is 9.98 Å². The number of aryl methyl sites for hydroxylation is 1. The van der Waals surface area contributed by atoms with Gasteiger partial charge in [0.2, 0.25) is 5.96 Å². The van der Waals surface area contributed by atoms with E-state index in [1.54, 1.807) is 6.33 Å². The van der Waals surface area contributed by atoms with Crippen LogP contribution in [0.3, 0.4) is 0 Å². The van der Waals surface area contributed by atoms with Crippen LogP contribution >= 0.6 is 11.6 Å². The quantitative estimate of drug-likeness (QED) is 0.360. The van der Waals surface area contributed by atoms with Crippen LogP contribution in [0.4, 0.5) is 11.4 Å². The van der Waals surface area contributed by atoms with E-state index >= 15 is 0 Å². The number of aromatic amines is 1. The Morgan fingerprint density at radius 3 is 2.69 bits per heavy atom. The molecule has 1 fully saturated rings. The first-order valence-electron chi connectivity index (χ1n) is 13.2.